The van der Waals surface area contributed by atoms with Crippen LogP contribution >= 0.6 is 16.8 Å². The van der Waals surface area contributed by atoms with Crippen molar-refractivity contribution in [3.8, 4) is 5.75 Å². The minimum Gasteiger partial charge on any atom is -0.442 e. The lowest BCUT2D eigenvalue weighted by molar-refractivity contribution is 0.122. The molecule has 2 saturated heterocycles. The molecule has 3 N–H and O–H groups in total. The van der Waals surface area contributed by atoms with Gasteiger partial charge in [0.25, 0.3) is 0 Å². The van der Waals surface area contributed by atoms with Crippen LogP contribution in [0.1, 0.15) is 5.56 Å². The topological polar surface area (TPSA) is 138 Å². The van der Waals surface area contributed by atoms with E-state index < -0.39 is 46.3 Å². The molecule has 0 aromatic heterocycles. The van der Waals surface area contributed by atoms with Crippen LogP contribution in [0.25, 0.3) is 0 Å². The van der Waals surface area contributed by atoms with Crippen molar-refractivity contribution in [3.63, 3.8) is 0 Å². The molecule has 11 nitrogen and oxygen atoms in total. The van der Waals surface area contributed by atoms with Gasteiger partial charge in [-0.3, -0.25) is 9.46 Å². The third-order valence-electron chi connectivity index (χ3n) is 5.97. The van der Waals surface area contributed by atoms with E-state index in [0.29, 0.717) is 37.7 Å². The lowest BCUT2D eigenvalue weighted by Gasteiger charge is -2.29. The van der Waals surface area contributed by atoms with E-state index in [4.69, 9.17) is 14.2 Å². The summed E-state index contributed by atoms with van der Waals surface area (Å²) < 4.78 is 41.8. The molecule has 0 spiro atoms. The SMILES string of the molecule is O=C(NC[C@H]1CN(c2ccc(N3CCOCC3)c(F)c2)C(=O)O1)Oc1ccc(CC(PO)[PH](=O)O)cc1. The fraction of sp³-hybridized carbons (Fsp3) is 0.391. The van der Waals surface area contributed by atoms with Gasteiger partial charge in [0.2, 0.25) is 0 Å². The van der Waals surface area contributed by atoms with E-state index in [1.807, 2.05) is 4.90 Å². The van der Waals surface area contributed by atoms with Crippen LogP contribution in [0.3, 0.4) is 0 Å². The summed E-state index contributed by atoms with van der Waals surface area (Å²) >= 11 is 0. The maximum atomic E-state index is 14.7. The fourth-order valence-corrected chi connectivity index (χ4v) is 5.20. The van der Waals surface area contributed by atoms with E-state index in [0.717, 1.165) is 5.56 Å². The Hall–Kier alpha value is -2.75. The molecule has 4 rings (SSSR count). The summed E-state index contributed by atoms with van der Waals surface area (Å²) in [5, 5.41) is 1.84. The number of carbonyl (C=O) groups excluding carboxylic acids is 2. The van der Waals surface area contributed by atoms with Crippen LogP contribution in [0.5, 0.6) is 5.75 Å². The number of halogens is 1. The predicted octanol–water partition coefficient (Wildman–Crippen LogP) is 2.70. The Morgan fingerprint density at radius 3 is 2.62 bits per heavy atom. The van der Waals surface area contributed by atoms with Gasteiger partial charge in [-0.15, -0.1) is 0 Å². The zero-order valence-electron chi connectivity index (χ0n) is 19.8. The van der Waals surface area contributed by atoms with Gasteiger partial charge in [0, 0.05) is 21.9 Å². The molecule has 2 aliphatic rings. The molecule has 14 heteroatoms. The highest BCUT2D eigenvalue weighted by molar-refractivity contribution is 7.54. The van der Waals surface area contributed by atoms with Crippen LogP contribution in [0.4, 0.5) is 25.4 Å². The van der Waals surface area contributed by atoms with E-state index in [-0.39, 0.29) is 25.3 Å². The lowest BCUT2D eigenvalue weighted by Crippen LogP contribution is -2.37. The van der Waals surface area contributed by atoms with Crippen molar-refractivity contribution in [3.05, 3.63) is 53.8 Å². The van der Waals surface area contributed by atoms with Crippen molar-refractivity contribution in [2.24, 2.45) is 0 Å². The van der Waals surface area contributed by atoms with Gasteiger partial charge < -0.3 is 34.2 Å². The zero-order chi connectivity index (χ0) is 26.4. The maximum Gasteiger partial charge on any atom is 0.414 e. The Balaban J connectivity index is 1.26. The molecule has 0 radical (unpaired) electrons. The maximum absolute atomic E-state index is 14.7. The van der Waals surface area contributed by atoms with Gasteiger partial charge in [-0.2, -0.15) is 0 Å². The average Bonchev–Trinajstić information content (AvgIpc) is 3.27. The summed E-state index contributed by atoms with van der Waals surface area (Å²) in [5.41, 5.74) is 1.53. The molecule has 2 heterocycles. The van der Waals surface area contributed by atoms with Crippen LogP contribution in [0.15, 0.2) is 42.5 Å². The molecule has 200 valence electrons. The Morgan fingerprint density at radius 2 is 1.97 bits per heavy atom. The number of nitrogens with one attached hydrogen (secondary N) is 1. The second-order valence-electron chi connectivity index (χ2n) is 8.49. The second kappa shape index (κ2) is 12.7. The molecular weight excluding hydrogens is 527 g/mol. The number of morpholine rings is 1. The van der Waals surface area contributed by atoms with Crippen molar-refractivity contribution in [2.75, 3.05) is 49.2 Å². The van der Waals surface area contributed by atoms with Gasteiger partial charge in [0.15, 0.2) is 8.03 Å². The lowest BCUT2D eigenvalue weighted by atomic mass is 10.2. The van der Waals surface area contributed by atoms with Crippen molar-refractivity contribution in [1.82, 2.24) is 5.32 Å². The minimum absolute atomic E-state index is 0.00259. The highest BCUT2D eigenvalue weighted by Crippen LogP contribution is 2.37. The molecule has 0 aliphatic carbocycles. The normalized spacial score (nSPS) is 19.6. The van der Waals surface area contributed by atoms with E-state index in [9.17, 15) is 28.3 Å². The number of benzene rings is 2. The Morgan fingerprint density at radius 1 is 1.24 bits per heavy atom. The number of amides is 2. The average molecular weight is 555 g/mol. The van der Waals surface area contributed by atoms with Crippen LogP contribution in [-0.4, -0.2) is 72.9 Å². The quantitative estimate of drug-likeness (QED) is 0.399. The van der Waals surface area contributed by atoms with Crippen molar-refractivity contribution < 1.29 is 42.5 Å². The van der Waals surface area contributed by atoms with E-state index >= 15 is 0 Å². The van der Waals surface area contributed by atoms with E-state index in [1.165, 1.54) is 23.1 Å². The standard InChI is InChI=1S/C23H28FN3O8P2/c24-19-12-16(3-6-20(19)26-7-9-33-10-8-26)27-14-18(35-23(27)29)13-25-22(28)34-17-4-1-15(2-5-17)11-21(36-30)37(31)32/h1-6,12,18,21,30,36-37H,7-11,13-14H2,(H,25,28)(H,31,32)/t18-,21?/m0/s1. The minimum atomic E-state index is -2.85. The predicted molar refractivity (Wildman–Crippen MR) is 137 cm³/mol. The van der Waals surface area contributed by atoms with Crippen molar-refractivity contribution in [1.29, 1.82) is 0 Å². The largest absolute Gasteiger partial charge is 0.442 e. The first-order valence-corrected chi connectivity index (χ1v) is 14.1. The van der Waals surface area contributed by atoms with Crippen LogP contribution in [-0.2, 0) is 20.5 Å². The van der Waals surface area contributed by atoms with Gasteiger partial charge in [0.05, 0.1) is 43.1 Å². The molecule has 2 aromatic carbocycles. The second-order valence-corrected chi connectivity index (χ2v) is 11.4. The third-order valence-corrected chi connectivity index (χ3v) is 8.41. The molecule has 4 atom stereocenters. The number of hydrogen-bond acceptors (Lipinski definition) is 8. The number of hydrogen-bond donors (Lipinski definition) is 3. The summed E-state index contributed by atoms with van der Waals surface area (Å²) in [6.07, 6.45) is -1.80. The van der Waals surface area contributed by atoms with E-state index in [1.54, 1.807) is 24.3 Å². The highest BCUT2D eigenvalue weighted by Gasteiger charge is 2.33. The molecule has 37 heavy (non-hydrogen) atoms. The molecule has 2 amide bonds. The van der Waals surface area contributed by atoms with Gasteiger partial charge in [-0.1, -0.05) is 12.1 Å². The van der Waals surface area contributed by atoms with Crippen LogP contribution < -0.4 is 19.9 Å². The highest BCUT2D eigenvalue weighted by atomic mass is 31.2. The number of rotatable bonds is 9. The van der Waals surface area contributed by atoms with Gasteiger partial charge in [-0.25, -0.2) is 14.0 Å². The first-order valence-electron chi connectivity index (χ1n) is 11.6. The number of anilines is 2. The molecule has 0 saturated carbocycles. The number of nitrogens with zero attached hydrogens (tertiary/aromatic N) is 2. The van der Waals surface area contributed by atoms with Crippen molar-refractivity contribution >= 4 is 40.4 Å². The number of ether oxygens (including phenoxy) is 3. The Labute approximate surface area is 215 Å². The van der Waals surface area contributed by atoms with Gasteiger partial charge in [0.1, 0.15) is 17.7 Å². The van der Waals surface area contributed by atoms with Crippen LogP contribution in [0.2, 0.25) is 0 Å². The fourth-order valence-electron chi connectivity index (χ4n) is 4.02. The number of carbonyl (C=O) groups is 2. The summed E-state index contributed by atoms with van der Waals surface area (Å²) in [5.74, 6) is -0.192. The smallest absolute Gasteiger partial charge is 0.414 e. The van der Waals surface area contributed by atoms with Gasteiger partial charge in [-0.05, 0) is 42.3 Å². The van der Waals surface area contributed by atoms with Crippen LogP contribution in [0, 0.1) is 5.82 Å². The summed E-state index contributed by atoms with van der Waals surface area (Å²) in [7, 11) is -3.49. The molecule has 2 aliphatic heterocycles. The zero-order valence-corrected chi connectivity index (χ0v) is 21.8. The summed E-state index contributed by atoms with van der Waals surface area (Å²) in [6, 6.07) is 10.9. The molecule has 2 aromatic rings. The van der Waals surface area contributed by atoms with Crippen molar-refractivity contribution in [2.45, 2.75) is 17.9 Å². The third kappa shape index (κ3) is 7.18. The Bertz CT molecular complexity index is 1130. The molecule has 3 unspecified atom stereocenters. The monoisotopic (exact) mass is 555 g/mol. The Kier molecular flexibility index (Phi) is 9.34. The van der Waals surface area contributed by atoms with Gasteiger partial charge >= 0.3 is 12.2 Å². The molecular formula is C23H28FN3O8P2. The number of cyclic esters (lactones) is 1. The molecule has 2 fully saturated rings. The summed E-state index contributed by atoms with van der Waals surface area (Å²) in [4.78, 5) is 46.2. The first kappa shape index (κ1) is 27.3. The first-order chi connectivity index (χ1) is 17.8. The summed E-state index contributed by atoms with van der Waals surface area (Å²) in [6.45, 7) is 2.37. The van der Waals surface area contributed by atoms with E-state index in [2.05, 4.69) is 5.32 Å². The molecule has 0 bridgehead atoms.